The summed E-state index contributed by atoms with van der Waals surface area (Å²) in [6.07, 6.45) is 0. The van der Waals surface area contributed by atoms with E-state index in [9.17, 15) is 9.59 Å². The van der Waals surface area contributed by atoms with Crippen LogP contribution in [-0.2, 0) is 4.79 Å². The summed E-state index contributed by atoms with van der Waals surface area (Å²) in [7, 11) is 0. The minimum Gasteiger partial charge on any atom is -0.482 e. The predicted octanol–water partition coefficient (Wildman–Crippen LogP) is 2.33. The van der Waals surface area contributed by atoms with E-state index in [2.05, 4.69) is 28.7 Å². The third kappa shape index (κ3) is 5.22. The van der Waals surface area contributed by atoms with Crippen LogP contribution in [0.1, 0.15) is 41.6 Å². The molecule has 1 saturated heterocycles. The summed E-state index contributed by atoms with van der Waals surface area (Å²) in [5.41, 5.74) is 1.43. The van der Waals surface area contributed by atoms with Crippen molar-refractivity contribution in [2.45, 2.75) is 26.7 Å². The zero-order chi connectivity index (χ0) is 21.0. The van der Waals surface area contributed by atoms with E-state index in [-0.39, 0.29) is 11.8 Å². The molecule has 1 fully saturated rings. The van der Waals surface area contributed by atoms with Crippen LogP contribution in [0, 0.1) is 6.92 Å². The first-order valence-corrected chi connectivity index (χ1v) is 9.68. The molecule has 8 heteroatoms. The summed E-state index contributed by atoms with van der Waals surface area (Å²) >= 11 is 0. The van der Waals surface area contributed by atoms with E-state index in [1.807, 2.05) is 13.0 Å². The minimum atomic E-state index is -1.06. The molecule has 1 amide bonds. The van der Waals surface area contributed by atoms with Crippen LogP contribution in [0.15, 0.2) is 30.3 Å². The van der Waals surface area contributed by atoms with E-state index in [0.717, 1.165) is 17.3 Å². The van der Waals surface area contributed by atoms with E-state index in [1.165, 1.54) is 0 Å². The molecule has 0 unspecified atom stereocenters. The number of aromatic nitrogens is 2. The van der Waals surface area contributed by atoms with E-state index >= 15 is 0 Å². The summed E-state index contributed by atoms with van der Waals surface area (Å²) in [5.74, 6) is 1.21. The summed E-state index contributed by atoms with van der Waals surface area (Å²) in [6.45, 7) is 8.22. The van der Waals surface area contributed by atoms with Crippen LogP contribution in [0.3, 0.4) is 0 Å². The fraction of sp³-hybridized carbons (Fsp3) is 0.429. The minimum absolute atomic E-state index is 0.0906. The molecule has 1 aliphatic heterocycles. The maximum absolute atomic E-state index is 12.8. The van der Waals surface area contributed by atoms with Gasteiger partial charge >= 0.3 is 5.97 Å². The number of aryl methyl sites for hydroxylation is 1. The van der Waals surface area contributed by atoms with E-state index < -0.39 is 12.6 Å². The Hall–Kier alpha value is -3.16. The molecule has 0 saturated carbocycles. The fourth-order valence-corrected chi connectivity index (χ4v) is 3.18. The summed E-state index contributed by atoms with van der Waals surface area (Å²) in [6, 6.07) is 8.61. The molecular formula is C21H26N4O4. The first kappa shape index (κ1) is 20.6. The number of anilines is 1. The lowest BCUT2D eigenvalue weighted by Gasteiger charge is -2.35. The van der Waals surface area contributed by atoms with Gasteiger partial charge in [-0.05, 0) is 25.1 Å². The lowest BCUT2D eigenvalue weighted by Crippen LogP contribution is -2.49. The zero-order valence-corrected chi connectivity index (χ0v) is 17.0. The van der Waals surface area contributed by atoms with Crippen LogP contribution in [0.25, 0.3) is 0 Å². The van der Waals surface area contributed by atoms with Gasteiger partial charge in [0.05, 0.1) is 0 Å². The van der Waals surface area contributed by atoms with E-state index in [1.54, 1.807) is 29.2 Å². The van der Waals surface area contributed by atoms with Crippen molar-refractivity contribution in [1.82, 2.24) is 14.9 Å². The van der Waals surface area contributed by atoms with Crippen LogP contribution in [0.2, 0.25) is 0 Å². The van der Waals surface area contributed by atoms with Gasteiger partial charge in [-0.2, -0.15) is 0 Å². The van der Waals surface area contributed by atoms with Gasteiger partial charge in [-0.15, -0.1) is 0 Å². The second kappa shape index (κ2) is 8.89. The Morgan fingerprint density at radius 1 is 1.14 bits per heavy atom. The quantitative estimate of drug-likeness (QED) is 0.798. The molecule has 2 aromatic rings. The Balaban J connectivity index is 1.64. The van der Waals surface area contributed by atoms with E-state index in [0.29, 0.717) is 37.5 Å². The van der Waals surface area contributed by atoms with Gasteiger partial charge in [0.15, 0.2) is 6.61 Å². The van der Waals surface area contributed by atoms with Gasteiger partial charge in [-0.1, -0.05) is 19.9 Å². The number of benzene rings is 1. The van der Waals surface area contributed by atoms with Gasteiger partial charge in [0.1, 0.15) is 17.4 Å². The first-order valence-electron chi connectivity index (χ1n) is 9.68. The molecule has 0 radical (unpaired) electrons. The highest BCUT2D eigenvalue weighted by atomic mass is 16.5. The Morgan fingerprint density at radius 2 is 1.86 bits per heavy atom. The molecule has 8 nitrogen and oxygen atoms in total. The highest BCUT2D eigenvalue weighted by Gasteiger charge is 2.24. The van der Waals surface area contributed by atoms with Crippen LogP contribution in [-0.4, -0.2) is 64.6 Å². The number of ether oxygens (including phenoxy) is 1. The molecule has 1 aromatic carbocycles. The second-order valence-corrected chi connectivity index (χ2v) is 7.37. The molecule has 0 atom stereocenters. The van der Waals surface area contributed by atoms with Crippen molar-refractivity contribution in [3.05, 3.63) is 47.4 Å². The van der Waals surface area contributed by atoms with E-state index in [4.69, 9.17) is 9.84 Å². The molecule has 1 N–H and O–H groups in total. The fourth-order valence-electron chi connectivity index (χ4n) is 3.18. The highest BCUT2D eigenvalue weighted by molar-refractivity contribution is 5.94. The SMILES string of the molecule is Cc1cc(N2CCN(C(=O)c3cccc(OCC(=O)O)c3)CC2)nc(C(C)C)n1. The number of hydrogen-bond acceptors (Lipinski definition) is 6. The van der Waals surface area contributed by atoms with Gasteiger partial charge < -0.3 is 19.6 Å². The van der Waals surface area contributed by atoms with Crippen molar-refractivity contribution in [2.75, 3.05) is 37.7 Å². The third-order valence-electron chi connectivity index (χ3n) is 4.71. The Kier molecular flexibility index (Phi) is 6.31. The number of carboxylic acid groups (broad SMARTS) is 1. The molecule has 29 heavy (non-hydrogen) atoms. The van der Waals surface area contributed by atoms with Gasteiger partial charge in [0.25, 0.3) is 5.91 Å². The van der Waals surface area contributed by atoms with Gasteiger partial charge in [-0.25, -0.2) is 14.8 Å². The highest BCUT2D eigenvalue weighted by Crippen LogP contribution is 2.20. The molecule has 0 bridgehead atoms. The second-order valence-electron chi connectivity index (χ2n) is 7.37. The Morgan fingerprint density at radius 3 is 2.52 bits per heavy atom. The predicted molar refractivity (Wildman–Crippen MR) is 109 cm³/mol. The normalized spacial score (nSPS) is 14.2. The maximum Gasteiger partial charge on any atom is 0.341 e. The lowest BCUT2D eigenvalue weighted by atomic mass is 10.1. The number of hydrogen-bond donors (Lipinski definition) is 1. The molecule has 1 aromatic heterocycles. The third-order valence-corrected chi connectivity index (χ3v) is 4.71. The smallest absolute Gasteiger partial charge is 0.341 e. The monoisotopic (exact) mass is 398 g/mol. The number of carbonyl (C=O) groups excluding carboxylic acids is 1. The van der Waals surface area contributed by atoms with Crippen molar-refractivity contribution in [3.63, 3.8) is 0 Å². The Labute approximate surface area is 170 Å². The summed E-state index contributed by atoms with van der Waals surface area (Å²) < 4.78 is 5.17. The van der Waals surface area contributed by atoms with Crippen LogP contribution in [0.5, 0.6) is 5.75 Å². The number of nitrogens with zero attached hydrogens (tertiary/aromatic N) is 4. The Bertz CT molecular complexity index is 892. The molecule has 154 valence electrons. The first-order chi connectivity index (χ1) is 13.8. The zero-order valence-electron chi connectivity index (χ0n) is 17.0. The average molecular weight is 398 g/mol. The number of carboxylic acids is 1. The van der Waals surface area contributed by atoms with Crippen molar-refractivity contribution < 1.29 is 19.4 Å². The van der Waals surface area contributed by atoms with Gasteiger partial charge in [0, 0.05) is 49.4 Å². The molecule has 0 spiro atoms. The summed E-state index contributed by atoms with van der Waals surface area (Å²) in [4.78, 5) is 36.6. The van der Waals surface area contributed by atoms with Gasteiger partial charge in [-0.3, -0.25) is 4.79 Å². The number of aliphatic carboxylic acids is 1. The number of piperazine rings is 1. The molecule has 1 aliphatic rings. The average Bonchev–Trinajstić information content (AvgIpc) is 2.71. The molecule has 3 rings (SSSR count). The topological polar surface area (TPSA) is 95.9 Å². The van der Waals surface area contributed by atoms with Crippen LogP contribution >= 0.6 is 0 Å². The van der Waals surface area contributed by atoms with Gasteiger partial charge in [0.2, 0.25) is 0 Å². The molecule has 0 aliphatic carbocycles. The van der Waals surface area contributed by atoms with Crippen molar-refractivity contribution in [1.29, 1.82) is 0 Å². The maximum atomic E-state index is 12.8. The molecular weight excluding hydrogens is 372 g/mol. The van der Waals surface area contributed by atoms with Crippen molar-refractivity contribution in [3.8, 4) is 5.75 Å². The lowest BCUT2D eigenvalue weighted by molar-refractivity contribution is -0.139. The van der Waals surface area contributed by atoms with Crippen molar-refractivity contribution in [2.24, 2.45) is 0 Å². The standard InChI is InChI=1S/C21H26N4O4/c1-14(2)20-22-15(3)11-18(23-20)24-7-9-25(10-8-24)21(28)16-5-4-6-17(12-16)29-13-19(26)27/h4-6,11-12,14H,7-10,13H2,1-3H3,(H,26,27). The van der Waals surface area contributed by atoms with Crippen LogP contribution in [0.4, 0.5) is 5.82 Å². The molecule has 2 heterocycles. The number of rotatable bonds is 6. The number of amides is 1. The summed E-state index contributed by atoms with van der Waals surface area (Å²) in [5, 5.41) is 8.73. The van der Waals surface area contributed by atoms with Crippen molar-refractivity contribution >= 4 is 17.7 Å². The largest absolute Gasteiger partial charge is 0.482 e. The van der Waals surface area contributed by atoms with Crippen LogP contribution < -0.4 is 9.64 Å². The number of carbonyl (C=O) groups is 2.